The maximum atomic E-state index is 12.1. The number of oxime groups is 1. The van der Waals surface area contributed by atoms with Gasteiger partial charge >= 0.3 is 0 Å². The third-order valence-electron chi connectivity index (χ3n) is 3.49. The van der Waals surface area contributed by atoms with Crippen molar-refractivity contribution in [2.24, 2.45) is 5.16 Å². The van der Waals surface area contributed by atoms with Gasteiger partial charge in [0.05, 0.1) is 12.3 Å². The van der Waals surface area contributed by atoms with Crippen LogP contribution in [0, 0.1) is 0 Å². The van der Waals surface area contributed by atoms with Crippen LogP contribution in [0.5, 0.6) is 0 Å². The number of nitrogens with zero attached hydrogens (tertiary/aromatic N) is 2. The summed E-state index contributed by atoms with van der Waals surface area (Å²) in [6.07, 6.45) is 1.53. The van der Waals surface area contributed by atoms with E-state index in [1.807, 2.05) is 37.3 Å². The lowest BCUT2D eigenvalue weighted by Gasteiger charge is -2.08. The summed E-state index contributed by atoms with van der Waals surface area (Å²) in [5, 5.41) is 10.6. The van der Waals surface area contributed by atoms with Gasteiger partial charge in [0.15, 0.2) is 11.5 Å². The molecule has 1 atom stereocenters. The van der Waals surface area contributed by atoms with Crippen molar-refractivity contribution in [1.29, 1.82) is 0 Å². The normalized spacial score (nSPS) is 17.0. The van der Waals surface area contributed by atoms with Crippen LogP contribution in [0.3, 0.4) is 0 Å². The molecule has 0 radical (unpaired) electrons. The molecule has 3 rings (SSSR count). The number of carbonyl (C=O) groups excluding carboxylic acids is 1. The minimum Gasteiger partial charge on any atom is -0.390 e. The largest absolute Gasteiger partial charge is 0.390 e. The van der Waals surface area contributed by atoms with E-state index < -0.39 is 0 Å². The minimum atomic E-state index is -0.278. The molecule has 2 heterocycles. The number of rotatable bonds is 5. The molecule has 0 saturated heterocycles. The molecule has 0 fully saturated rings. The fourth-order valence-corrected chi connectivity index (χ4v) is 2.22. The van der Waals surface area contributed by atoms with Crippen LogP contribution in [0.2, 0.25) is 0 Å². The number of hydrogen-bond acceptors (Lipinski definition) is 5. The van der Waals surface area contributed by atoms with Gasteiger partial charge in [-0.1, -0.05) is 47.6 Å². The van der Waals surface area contributed by atoms with Gasteiger partial charge in [-0.25, -0.2) is 0 Å². The first-order valence-corrected chi connectivity index (χ1v) is 7.28. The third-order valence-corrected chi connectivity index (χ3v) is 3.49. The molecule has 0 aliphatic carbocycles. The Balaban J connectivity index is 1.56. The zero-order valence-electron chi connectivity index (χ0n) is 12.3. The van der Waals surface area contributed by atoms with Crippen LogP contribution in [0.25, 0.3) is 11.3 Å². The first-order chi connectivity index (χ1) is 10.8. The van der Waals surface area contributed by atoms with Gasteiger partial charge in [0, 0.05) is 18.1 Å². The lowest BCUT2D eigenvalue weighted by molar-refractivity contribution is 0.0749. The van der Waals surface area contributed by atoms with Gasteiger partial charge in [-0.2, -0.15) is 0 Å². The van der Waals surface area contributed by atoms with Gasteiger partial charge in [-0.05, 0) is 6.42 Å². The number of hydrogen-bond donors (Lipinski definition) is 1. The first kappa shape index (κ1) is 14.3. The summed E-state index contributed by atoms with van der Waals surface area (Å²) in [5.74, 6) is 0.291. The molecule has 2 aromatic rings. The Morgan fingerprint density at radius 2 is 2.18 bits per heavy atom. The molecule has 1 aliphatic rings. The molecule has 0 bridgehead atoms. The Kier molecular flexibility index (Phi) is 4.18. The molecule has 0 saturated carbocycles. The monoisotopic (exact) mass is 299 g/mol. The van der Waals surface area contributed by atoms with E-state index in [0.29, 0.717) is 12.3 Å². The summed E-state index contributed by atoms with van der Waals surface area (Å²) < 4.78 is 5.21. The van der Waals surface area contributed by atoms with Crippen molar-refractivity contribution >= 4 is 11.6 Å². The van der Waals surface area contributed by atoms with Crippen LogP contribution in [-0.2, 0) is 4.84 Å². The molecule has 6 nitrogen and oxygen atoms in total. The van der Waals surface area contributed by atoms with Crippen molar-refractivity contribution in [3.05, 3.63) is 42.1 Å². The van der Waals surface area contributed by atoms with Gasteiger partial charge in [0.2, 0.25) is 0 Å². The summed E-state index contributed by atoms with van der Waals surface area (Å²) in [6.45, 7) is 2.43. The van der Waals surface area contributed by atoms with Crippen LogP contribution in [0.4, 0.5) is 0 Å². The van der Waals surface area contributed by atoms with Gasteiger partial charge < -0.3 is 14.7 Å². The second-order valence-corrected chi connectivity index (χ2v) is 5.10. The summed E-state index contributed by atoms with van der Waals surface area (Å²) in [5.41, 5.74) is 2.16. The van der Waals surface area contributed by atoms with E-state index in [2.05, 4.69) is 15.6 Å². The fraction of sp³-hybridized carbons (Fsp3) is 0.312. The van der Waals surface area contributed by atoms with Crippen molar-refractivity contribution in [3.8, 4) is 11.3 Å². The van der Waals surface area contributed by atoms with Crippen molar-refractivity contribution in [1.82, 2.24) is 10.5 Å². The molecular weight excluding hydrogens is 282 g/mol. The molecular formula is C16H17N3O3. The smallest absolute Gasteiger partial charge is 0.273 e. The summed E-state index contributed by atoms with van der Waals surface area (Å²) in [6, 6.07) is 11.2. The predicted octanol–water partition coefficient (Wildman–Crippen LogP) is 2.63. The van der Waals surface area contributed by atoms with E-state index in [4.69, 9.17) is 9.36 Å². The highest BCUT2D eigenvalue weighted by molar-refractivity contribution is 5.93. The molecule has 1 aromatic heterocycles. The second kappa shape index (κ2) is 6.43. The maximum absolute atomic E-state index is 12.1. The molecule has 0 spiro atoms. The topological polar surface area (TPSA) is 76.7 Å². The number of aromatic nitrogens is 1. The van der Waals surface area contributed by atoms with Crippen LogP contribution < -0.4 is 5.32 Å². The molecule has 114 valence electrons. The number of nitrogens with one attached hydrogen (secondary N) is 1. The van der Waals surface area contributed by atoms with E-state index in [-0.39, 0.29) is 17.7 Å². The van der Waals surface area contributed by atoms with Crippen molar-refractivity contribution < 1.29 is 14.2 Å². The Morgan fingerprint density at radius 3 is 2.91 bits per heavy atom. The number of benzene rings is 1. The Morgan fingerprint density at radius 1 is 1.36 bits per heavy atom. The minimum absolute atomic E-state index is 0.0978. The van der Waals surface area contributed by atoms with E-state index >= 15 is 0 Å². The second-order valence-electron chi connectivity index (χ2n) is 5.10. The highest BCUT2D eigenvalue weighted by atomic mass is 16.6. The first-order valence-electron chi connectivity index (χ1n) is 7.28. The van der Waals surface area contributed by atoms with Crippen LogP contribution in [0.1, 0.15) is 30.3 Å². The highest BCUT2D eigenvalue weighted by Gasteiger charge is 2.21. The predicted molar refractivity (Wildman–Crippen MR) is 81.5 cm³/mol. The maximum Gasteiger partial charge on any atom is 0.273 e. The van der Waals surface area contributed by atoms with Crippen molar-refractivity contribution in [2.45, 2.75) is 25.9 Å². The lowest BCUT2D eigenvalue weighted by Crippen LogP contribution is -2.32. The number of carbonyl (C=O) groups is 1. The van der Waals surface area contributed by atoms with Gasteiger partial charge in [-0.3, -0.25) is 4.79 Å². The quantitative estimate of drug-likeness (QED) is 0.920. The molecule has 1 N–H and O–H groups in total. The van der Waals surface area contributed by atoms with Gasteiger partial charge in [0.25, 0.3) is 5.91 Å². The van der Waals surface area contributed by atoms with Gasteiger partial charge in [-0.15, -0.1) is 0 Å². The highest BCUT2D eigenvalue weighted by Crippen LogP contribution is 2.19. The Labute approximate surface area is 128 Å². The average Bonchev–Trinajstić information content (AvgIpc) is 3.22. The molecule has 22 heavy (non-hydrogen) atoms. The van der Waals surface area contributed by atoms with Crippen molar-refractivity contribution in [3.63, 3.8) is 0 Å². The van der Waals surface area contributed by atoms with Gasteiger partial charge in [0.1, 0.15) is 6.10 Å². The summed E-state index contributed by atoms with van der Waals surface area (Å²) in [4.78, 5) is 17.3. The zero-order valence-corrected chi connectivity index (χ0v) is 12.3. The molecule has 6 heteroatoms. The fourth-order valence-electron chi connectivity index (χ4n) is 2.22. The average molecular weight is 299 g/mol. The van der Waals surface area contributed by atoms with Crippen molar-refractivity contribution in [2.75, 3.05) is 6.54 Å². The van der Waals surface area contributed by atoms with E-state index in [1.165, 1.54) is 0 Å². The Bertz CT molecular complexity index is 679. The molecule has 1 aromatic carbocycles. The van der Waals surface area contributed by atoms with Crippen LogP contribution >= 0.6 is 0 Å². The van der Waals surface area contributed by atoms with Crippen LogP contribution in [-0.4, -0.2) is 29.4 Å². The lowest BCUT2D eigenvalue weighted by atomic mass is 10.1. The zero-order chi connectivity index (χ0) is 15.4. The number of amides is 1. The molecule has 1 amide bonds. The van der Waals surface area contributed by atoms with E-state index in [9.17, 15) is 4.79 Å². The van der Waals surface area contributed by atoms with E-state index in [1.54, 1.807) is 6.07 Å². The third kappa shape index (κ3) is 3.16. The molecule has 1 aliphatic heterocycles. The SMILES string of the molecule is CCC1=NO[C@H](CNC(=O)c2cc(-c3ccccc3)on2)C1. The van der Waals surface area contributed by atoms with E-state index in [0.717, 1.165) is 24.1 Å². The standard InChI is InChI=1S/C16H17N3O3/c1-2-12-8-13(21-18-12)10-17-16(20)14-9-15(22-19-14)11-6-4-3-5-7-11/h3-7,9,13H,2,8,10H2,1H3,(H,17,20)/t13-/m0/s1. The summed E-state index contributed by atoms with van der Waals surface area (Å²) >= 11 is 0. The summed E-state index contributed by atoms with van der Waals surface area (Å²) in [7, 11) is 0. The van der Waals surface area contributed by atoms with Crippen LogP contribution in [0.15, 0.2) is 46.1 Å². The Hall–Kier alpha value is -2.63. The molecule has 0 unspecified atom stereocenters.